The lowest BCUT2D eigenvalue weighted by molar-refractivity contribution is 0.298. The molecule has 0 aliphatic heterocycles. The minimum Gasteiger partial charge on any atom is -0.487 e. The fourth-order valence-electron chi connectivity index (χ4n) is 1.64. The van der Waals surface area contributed by atoms with Crippen molar-refractivity contribution in [3.8, 4) is 5.75 Å². The highest BCUT2D eigenvalue weighted by molar-refractivity contribution is 9.10. The van der Waals surface area contributed by atoms with Gasteiger partial charge in [0, 0.05) is 9.85 Å². The molecule has 96 valence electrons. The highest BCUT2D eigenvalue weighted by Gasteiger charge is 2.09. The normalized spacial score (nSPS) is 10.9. The van der Waals surface area contributed by atoms with Crippen molar-refractivity contribution < 1.29 is 4.74 Å². The van der Waals surface area contributed by atoms with Crippen LogP contribution in [0, 0.1) is 0 Å². The molecule has 18 heavy (non-hydrogen) atoms. The molecule has 1 aromatic heterocycles. The van der Waals surface area contributed by atoms with Crippen LogP contribution in [0.2, 0.25) is 0 Å². The summed E-state index contributed by atoms with van der Waals surface area (Å²) in [5, 5.41) is 2.50. The Labute approximate surface area is 119 Å². The second-order valence-electron chi connectivity index (χ2n) is 4.30. The van der Waals surface area contributed by atoms with Crippen molar-refractivity contribution in [2.24, 2.45) is 0 Å². The van der Waals surface area contributed by atoms with Crippen LogP contribution in [0.15, 0.2) is 28.1 Å². The molecule has 0 spiro atoms. The molecule has 0 atom stereocenters. The van der Waals surface area contributed by atoms with Gasteiger partial charge in [-0.1, -0.05) is 29.8 Å². The lowest BCUT2D eigenvalue weighted by Crippen LogP contribution is -2.00. The molecule has 1 heterocycles. The quantitative estimate of drug-likeness (QED) is 0.916. The molecular formula is C13H15BrN2OS. The van der Waals surface area contributed by atoms with Crippen molar-refractivity contribution in [2.75, 3.05) is 5.73 Å². The van der Waals surface area contributed by atoms with Gasteiger partial charge in [-0.05, 0) is 29.7 Å². The number of benzene rings is 1. The number of thiazole rings is 1. The Morgan fingerprint density at radius 2 is 2.22 bits per heavy atom. The third-order valence-corrected chi connectivity index (χ3v) is 3.75. The summed E-state index contributed by atoms with van der Waals surface area (Å²) in [7, 11) is 0. The summed E-state index contributed by atoms with van der Waals surface area (Å²) >= 11 is 4.91. The van der Waals surface area contributed by atoms with Gasteiger partial charge in [0.15, 0.2) is 5.13 Å². The number of hydrogen-bond donors (Lipinski definition) is 1. The molecule has 0 fully saturated rings. The van der Waals surface area contributed by atoms with Crippen LogP contribution in [0.25, 0.3) is 0 Å². The molecule has 5 heteroatoms. The molecule has 0 saturated carbocycles. The highest BCUT2D eigenvalue weighted by atomic mass is 79.9. The minimum absolute atomic E-state index is 0.415. The van der Waals surface area contributed by atoms with E-state index in [1.54, 1.807) is 0 Å². The van der Waals surface area contributed by atoms with Crippen LogP contribution in [0.3, 0.4) is 0 Å². The second-order valence-corrected chi connectivity index (χ2v) is 6.11. The number of nitrogen functional groups attached to an aromatic ring is 1. The first-order valence-corrected chi connectivity index (χ1v) is 7.35. The number of nitrogens with two attached hydrogens (primary N) is 1. The molecule has 0 amide bonds. The largest absolute Gasteiger partial charge is 0.487 e. The number of halogens is 1. The van der Waals surface area contributed by atoms with Crippen molar-refractivity contribution in [3.63, 3.8) is 0 Å². The van der Waals surface area contributed by atoms with Crippen molar-refractivity contribution >= 4 is 32.4 Å². The number of rotatable bonds is 4. The van der Waals surface area contributed by atoms with Crippen LogP contribution >= 0.6 is 27.3 Å². The van der Waals surface area contributed by atoms with E-state index in [1.165, 1.54) is 16.9 Å². The van der Waals surface area contributed by atoms with Gasteiger partial charge in [-0.25, -0.2) is 4.98 Å². The van der Waals surface area contributed by atoms with E-state index < -0.39 is 0 Å². The summed E-state index contributed by atoms with van der Waals surface area (Å²) in [6.45, 7) is 4.75. The molecule has 0 saturated heterocycles. The third-order valence-electron chi connectivity index (χ3n) is 2.54. The van der Waals surface area contributed by atoms with E-state index in [1.807, 2.05) is 17.5 Å². The number of anilines is 1. The first kappa shape index (κ1) is 13.4. The van der Waals surface area contributed by atoms with Gasteiger partial charge >= 0.3 is 0 Å². The van der Waals surface area contributed by atoms with Crippen LogP contribution < -0.4 is 10.5 Å². The van der Waals surface area contributed by atoms with Gasteiger partial charge in [-0.2, -0.15) is 0 Å². The van der Waals surface area contributed by atoms with Crippen LogP contribution in [-0.2, 0) is 6.61 Å². The molecule has 0 aliphatic carbocycles. The fraction of sp³-hybridized carbons (Fsp3) is 0.308. The first-order chi connectivity index (χ1) is 8.56. The molecular weight excluding hydrogens is 312 g/mol. The summed E-state index contributed by atoms with van der Waals surface area (Å²) < 4.78 is 6.89. The zero-order valence-electron chi connectivity index (χ0n) is 10.3. The van der Waals surface area contributed by atoms with Crippen LogP contribution in [0.1, 0.15) is 31.0 Å². The van der Waals surface area contributed by atoms with Crippen molar-refractivity contribution in [1.82, 2.24) is 4.98 Å². The maximum atomic E-state index is 5.82. The maximum absolute atomic E-state index is 5.82. The Morgan fingerprint density at radius 3 is 2.83 bits per heavy atom. The maximum Gasteiger partial charge on any atom is 0.180 e. The van der Waals surface area contributed by atoms with Crippen LogP contribution in [-0.4, -0.2) is 4.98 Å². The Bertz CT molecular complexity index is 540. The lowest BCUT2D eigenvalue weighted by atomic mass is 10.0. The van der Waals surface area contributed by atoms with Crippen molar-refractivity contribution in [3.05, 3.63) is 39.3 Å². The standard InChI is InChI=1S/C13H15BrN2OS/c1-8(2)11-5-9(14)3-4-12(11)17-6-10-7-18-13(15)16-10/h3-5,7-8H,6H2,1-2H3,(H2,15,16). The molecule has 0 unspecified atom stereocenters. The average Bonchev–Trinajstić information content (AvgIpc) is 2.73. The van der Waals surface area contributed by atoms with Gasteiger partial charge in [0.1, 0.15) is 12.4 Å². The van der Waals surface area contributed by atoms with E-state index >= 15 is 0 Å². The van der Waals surface area contributed by atoms with Crippen molar-refractivity contribution in [1.29, 1.82) is 0 Å². The number of nitrogens with zero attached hydrogens (tertiary/aromatic N) is 1. The molecule has 2 rings (SSSR count). The van der Waals surface area contributed by atoms with E-state index in [9.17, 15) is 0 Å². The van der Waals surface area contributed by atoms with E-state index in [2.05, 4.69) is 40.8 Å². The van der Waals surface area contributed by atoms with Gasteiger partial charge in [-0.3, -0.25) is 0 Å². The van der Waals surface area contributed by atoms with Gasteiger partial charge < -0.3 is 10.5 Å². The zero-order valence-corrected chi connectivity index (χ0v) is 12.7. The van der Waals surface area contributed by atoms with Gasteiger partial charge in [-0.15, -0.1) is 11.3 Å². The lowest BCUT2D eigenvalue weighted by Gasteiger charge is -2.13. The predicted octanol–water partition coefficient (Wildman–Crippen LogP) is 4.19. The summed E-state index contributed by atoms with van der Waals surface area (Å²) in [4.78, 5) is 4.18. The Kier molecular flexibility index (Phi) is 4.24. The van der Waals surface area contributed by atoms with Gasteiger partial charge in [0.05, 0.1) is 5.69 Å². The van der Waals surface area contributed by atoms with Crippen LogP contribution in [0.5, 0.6) is 5.75 Å². The second kappa shape index (κ2) is 5.71. The monoisotopic (exact) mass is 326 g/mol. The van der Waals surface area contributed by atoms with E-state index in [-0.39, 0.29) is 0 Å². The third kappa shape index (κ3) is 3.23. The average molecular weight is 327 g/mol. The smallest absolute Gasteiger partial charge is 0.180 e. The highest BCUT2D eigenvalue weighted by Crippen LogP contribution is 2.30. The Morgan fingerprint density at radius 1 is 1.44 bits per heavy atom. The van der Waals surface area contributed by atoms with Gasteiger partial charge in [0.2, 0.25) is 0 Å². The summed E-state index contributed by atoms with van der Waals surface area (Å²) in [5.41, 5.74) is 7.65. The number of aromatic nitrogens is 1. The molecule has 0 bridgehead atoms. The molecule has 0 aliphatic rings. The van der Waals surface area contributed by atoms with E-state index in [4.69, 9.17) is 10.5 Å². The summed E-state index contributed by atoms with van der Waals surface area (Å²) in [6.07, 6.45) is 0. The van der Waals surface area contributed by atoms with Crippen molar-refractivity contribution in [2.45, 2.75) is 26.4 Å². The Balaban J connectivity index is 2.13. The topological polar surface area (TPSA) is 48.1 Å². The summed E-state index contributed by atoms with van der Waals surface area (Å²) in [5.74, 6) is 1.32. The first-order valence-electron chi connectivity index (χ1n) is 5.68. The van der Waals surface area contributed by atoms with E-state index in [0.29, 0.717) is 17.7 Å². The van der Waals surface area contributed by atoms with Gasteiger partial charge in [0.25, 0.3) is 0 Å². The number of hydrogen-bond acceptors (Lipinski definition) is 4. The predicted molar refractivity (Wildman–Crippen MR) is 79.1 cm³/mol. The Hall–Kier alpha value is -1.07. The van der Waals surface area contributed by atoms with Crippen LogP contribution in [0.4, 0.5) is 5.13 Å². The molecule has 0 radical (unpaired) electrons. The molecule has 2 N–H and O–H groups in total. The minimum atomic E-state index is 0.415. The molecule has 3 nitrogen and oxygen atoms in total. The molecule has 1 aromatic carbocycles. The van der Waals surface area contributed by atoms with E-state index in [0.717, 1.165) is 15.9 Å². The molecule has 2 aromatic rings. The zero-order chi connectivity index (χ0) is 13.1. The number of ether oxygens (including phenoxy) is 1. The SMILES string of the molecule is CC(C)c1cc(Br)ccc1OCc1csc(N)n1. The fourth-order valence-corrected chi connectivity index (χ4v) is 2.57. The summed E-state index contributed by atoms with van der Waals surface area (Å²) in [6, 6.07) is 6.06.